The highest BCUT2D eigenvalue weighted by Gasteiger charge is 2.45. The van der Waals surface area contributed by atoms with Crippen LogP contribution in [0.1, 0.15) is 57.4 Å². The van der Waals surface area contributed by atoms with Crippen LogP contribution >= 0.6 is 0 Å². The average Bonchev–Trinajstić information content (AvgIpc) is 2.77. The predicted molar refractivity (Wildman–Crippen MR) is 115 cm³/mol. The second-order valence-corrected chi connectivity index (χ2v) is 8.63. The van der Waals surface area contributed by atoms with Crippen molar-refractivity contribution in [2.75, 3.05) is 32.8 Å². The van der Waals surface area contributed by atoms with Crippen molar-refractivity contribution in [3.05, 3.63) is 35.6 Å². The molecule has 0 radical (unpaired) electrons. The van der Waals surface area contributed by atoms with Gasteiger partial charge in [-0.2, -0.15) is 0 Å². The molecule has 170 valence electrons. The van der Waals surface area contributed by atoms with E-state index in [1.54, 1.807) is 30.0 Å². The van der Waals surface area contributed by atoms with Crippen molar-refractivity contribution < 1.29 is 23.5 Å². The fraction of sp³-hybridized carbons (Fsp3) is 0.625. The maximum absolute atomic E-state index is 14.3. The van der Waals surface area contributed by atoms with Crippen molar-refractivity contribution in [2.24, 2.45) is 5.41 Å². The molecule has 3 rings (SSSR count). The van der Waals surface area contributed by atoms with E-state index in [0.29, 0.717) is 50.8 Å². The first-order valence-corrected chi connectivity index (χ1v) is 11.4. The normalized spacial score (nSPS) is 21.8. The van der Waals surface area contributed by atoms with E-state index in [9.17, 15) is 18.8 Å². The molecule has 2 amide bonds. The number of ether oxygens (including phenoxy) is 1. The zero-order valence-electron chi connectivity index (χ0n) is 18.4. The number of hydrogen-bond acceptors (Lipinski definition) is 4. The van der Waals surface area contributed by atoms with Crippen molar-refractivity contribution >= 4 is 17.8 Å². The van der Waals surface area contributed by atoms with Gasteiger partial charge < -0.3 is 14.5 Å². The second-order valence-electron chi connectivity index (χ2n) is 8.63. The summed E-state index contributed by atoms with van der Waals surface area (Å²) in [6.45, 7) is 4.18. The highest BCUT2D eigenvalue weighted by atomic mass is 19.1. The first kappa shape index (κ1) is 23.2. The van der Waals surface area contributed by atoms with Crippen LogP contribution in [0.2, 0.25) is 0 Å². The Morgan fingerprint density at radius 2 is 1.97 bits per heavy atom. The molecule has 0 aromatic heterocycles. The zero-order valence-corrected chi connectivity index (χ0v) is 18.4. The summed E-state index contributed by atoms with van der Waals surface area (Å²) in [5.74, 6) is -0.565. The van der Waals surface area contributed by atoms with Crippen LogP contribution in [0.3, 0.4) is 0 Å². The van der Waals surface area contributed by atoms with Gasteiger partial charge in [0, 0.05) is 39.0 Å². The summed E-state index contributed by atoms with van der Waals surface area (Å²) in [5.41, 5.74) is -0.469. The lowest BCUT2D eigenvalue weighted by Gasteiger charge is -2.41. The predicted octanol–water partition coefficient (Wildman–Crippen LogP) is 3.33. The molecule has 1 unspecified atom stereocenters. The van der Waals surface area contributed by atoms with Crippen molar-refractivity contribution in [1.82, 2.24) is 9.80 Å². The second kappa shape index (κ2) is 10.7. The Hall–Kier alpha value is -2.44. The van der Waals surface area contributed by atoms with Gasteiger partial charge in [-0.05, 0) is 57.1 Å². The third-order valence-electron chi connectivity index (χ3n) is 6.36. The van der Waals surface area contributed by atoms with Crippen LogP contribution < -0.4 is 0 Å². The molecule has 0 bridgehead atoms. The molecular formula is C24H33FN2O4. The molecule has 2 saturated heterocycles. The van der Waals surface area contributed by atoms with E-state index in [2.05, 4.69) is 0 Å². The highest BCUT2D eigenvalue weighted by Crippen LogP contribution is 2.36. The lowest BCUT2D eigenvalue weighted by Crippen LogP contribution is -2.51. The Labute approximate surface area is 183 Å². The van der Waals surface area contributed by atoms with Crippen LogP contribution in [0.15, 0.2) is 24.3 Å². The molecule has 7 heteroatoms. The monoisotopic (exact) mass is 432 g/mol. The van der Waals surface area contributed by atoms with Gasteiger partial charge in [-0.3, -0.25) is 14.4 Å². The lowest BCUT2D eigenvalue weighted by atomic mass is 9.74. The number of hydrogen-bond donors (Lipinski definition) is 0. The van der Waals surface area contributed by atoms with Crippen LogP contribution in [-0.4, -0.2) is 60.4 Å². The van der Waals surface area contributed by atoms with E-state index in [-0.39, 0.29) is 43.2 Å². The summed E-state index contributed by atoms with van der Waals surface area (Å²) in [6.07, 6.45) is 4.95. The number of amides is 2. The molecule has 1 aromatic rings. The summed E-state index contributed by atoms with van der Waals surface area (Å²) >= 11 is 0. The van der Waals surface area contributed by atoms with Crippen LogP contribution in [0.4, 0.5) is 4.39 Å². The van der Waals surface area contributed by atoms with E-state index >= 15 is 0 Å². The van der Waals surface area contributed by atoms with Gasteiger partial charge in [-0.15, -0.1) is 0 Å². The fourth-order valence-electron chi connectivity index (χ4n) is 4.70. The van der Waals surface area contributed by atoms with Crippen LogP contribution in [0.25, 0.3) is 0 Å². The van der Waals surface area contributed by atoms with Gasteiger partial charge in [-0.1, -0.05) is 18.2 Å². The molecule has 2 aliphatic rings. The highest BCUT2D eigenvalue weighted by molar-refractivity contribution is 5.81. The molecule has 0 saturated carbocycles. The standard InChI is InChI=1S/C24H33FN2O4/c1-2-31-23(30)24(17-19-9-3-4-10-20(19)25)13-8-16-27(18-24)22(29)12-7-15-26-14-6-5-11-21(26)28/h3-4,9-10H,2,5-8,11-18H2,1H3. The van der Waals surface area contributed by atoms with Crippen molar-refractivity contribution in [2.45, 2.75) is 58.3 Å². The number of benzene rings is 1. The van der Waals surface area contributed by atoms with Crippen LogP contribution in [0, 0.1) is 11.2 Å². The summed E-state index contributed by atoms with van der Waals surface area (Å²) in [7, 11) is 0. The lowest BCUT2D eigenvalue weighted by molar-refractivity contribution is -0.161. The van der Waals surface area contributed by atoms with Gasteiger partial charge in [0.05, 0.1) is 12.0 Å². The first-order chi connectivity index (χ1) is 14.9. The number of likely N-dealkylation sites (tertiary alicyclic amines) is 2. The number of piperidine rings is 2. The Bertz CT molecular complexity index is 800. The molecule has 0 N–H and O–H groups in total. The molecule has 2 aliphatic heterocycles. The zero-order chi connectivity index (χ0) is 22.3. The molecule has 2 fully saturated rings. The summed E-state index contributed by atoms with van der Waals surface area (Å²) in [5, 5.41) is 0. The Balaban J connectivity index is 1.65. The van der Waals surface area contributed by atoms with Crippen molar-refractivity contribution in [1.29, 1.82) is 0 Å². The fourth-order valence-corrected chi connectivity index (χ4v) is 4.70. The quantitative estimate of drug-likeness (QED) is 0.591. The number of carbonyl (C=O) groups excluding carboxylic acids is 3. The molecule has 1 atom stereocenters. The summed E-state index contributed by atoms with van der Waals surface area (Å²) in [6, 6.07) is 6.46. The maximum atomic E-state index is 14.3. The Kier molecular flexibility index (Phi) is 8.04. The number of rotatable bonds is 8. The van der Waals surface area contributed by atoms with Gasteiger partial charge in [0.2, 0.25) is 11.8 Å². The van der Waals surface area contributed by atoms with Crippen molar-refractivity contribution in [3.8, 4) is 0 Å². The van der Waals surface area contributed by atoms with Gasteiger partial charge in [0.1, 0.15) is 5.82 Å². The third kappa shape index (κ3) is 5.83. The SMILES string of the molecule is CCOC(=O)C1(Cc2ccccc2F)CCCN(C(=O)CCCN2CCCCC2=O)C1. The summed E-state index contributed by atoms with van der Waals surface area (Å²) in [4.78, 5) is 41.3. The van der Waals surface area contributed by atoms with E-state index in [0.717, 1.165) is 19.4 Å². The van der Waals surface area contributed by atoms with Gasteiger partial charge >= 0.3 is 5.97 Å². The largest absolute Gasteiger partial charge is 0.466 e. The minimum absolute atomic E-state index is 0.0219. The maximum Gasteiger partial charge on any atom is 0.314 e. The van der Waals surface area contributed by atoms with E-state index in [1.807, 2.05) is 4.90 Å². The van der Waals surface area contributed by atoms with Gasteiger partial charge in [0.25, 0.3) is 0 Å². The number of halogens is 1. The Morgan fingerprint density at radius 3 is 2.71 bits per heavy atom. The molecule has 1 aromatic carbocycles. The molecule has 31 heavy (non-hydrogen) atoms. The third-order valence-corrected chi connectivity index (χ3v) is 6.36. The van der Waals surface area contributed by atoms with Crippen molar-refractivity contribution in [3.63, 3.8) is 0 Å². The topological polar surface area (TPSA) is 66.9 Å². The van der Waals surface area contributed by atoms with Gasteiger partial charge in [0.15, 0.2) is 0 Å². The smallest absolute Gasteiger partial charge is 0.314 e. The molecule has 0 spiro atoms. The van der Waals surface area contributed by atoms with E-state index < -0.39 is 5.41 Å². The Morgan fingerprint density at radius 1 is 1.16 bits per heavy atom. The molecular weight excluding hydrogens is 399 g/mol. The van der Waals surface area contributed by atoms with Crippen LogP contribution in [0.5, 0.6) is 0 Å². The average molecular weight is 433 g/mol. The first-order valence-electron chi connectivity index (χ1n) is 11.4. The van der Waals surface area contributed by atoms with E-state index in [1.165, 1.54) is 6.07 Å². The minimum atomic E-state index is -0.936. The minimum Gasteiger partial charge on any atom is -0.466 e. The molecule has 0 aliphatic carbocycles. The van der Waals surface area contributed by atoms with E-state index in [4.69, 9.17) is 4.74 Å². The van der Waals surface area contributed by atoms with Crippen LogP contribution in [-0.2, 0) is 25.5 Å². The number of nitrogens with zero attached hydrogens (tertiary/aromatic N) is 2. The number of esters is 1. The summed E-state index contributed by atoms with van der Waals surface area (Å²) < 4.78 is 19.7. The van der Waals surface area contributed by atoms with Gasteiger partial charge in [-0.25, -0.2) is 4.39 Å². The number of carbonyl (C=O) groups is 3. The molecule has 6 nitrogen and oxygen atoms in total. The molecule has 2 heterocycles.